The first kappa shape index (κ1) is 8.49. The maximum Gasteiger partial charge on any atom is 0.303 e. The molecule has 2 unspecified atom stereocenters. The normalized spacial score (nSPS) is 30.6. The summed E-state index contributed by atoms with van der Waals surface area (Å²) in [4.78, 5) is 10.2. The molecule has 0 aromatic rings. The van der Waals surface area contributed by atoms with E-state index in [9.17, 15) is 9.90 Å². The third-order valence-corrected chi connectivity index (χ3v) is 1.98. The Labute approximate surface area is 65.2 Å². The Morgan fingerprint density at radius 1 is 1.64 bits per heavy atom. The lowest BCUT2D eigenvalue weighted by Gasteiger charge is -2.03. The predicted molar refractivity (Wildman–Crippen MR) is 37.7 cm³/mol. The van der Waals surface area contributed by atoms with Crippen molar-refractivity contribution in [1.82, 2.24) is 5.32 Å². The molecular formula is C7H12NO3. The van der Waals surface area contributed by atoms with Gasteiger partial charge in [0, 0.05) is 12.5 Å². The molecule has 1 fully saturated rings. The summed E-state index contributed by atoms with van der Waals surface area (Å²) in [6, 6.07) is -0.000602. The van der Waals surface area contributed by atoms with E-state index in [2.05, 4.69) is 5.32 Å². The van der Waals surface area contributed by atoms with E-state index in [1.807, 2.05) is 0 Å². The molecule has 2 atom stereocenters. The number of nitrogens with one attached hydrogen (secondary N) is 1. The van der Waals surface area contributed by atoms with Crippen LogP contribution in [0.4, 0.5) is 0 Å². The summed E-state index contributed by atoms with van der Waals surface area (Å²) in [5.74, 6) is -0.616. The van der Waals surface area contributed by atoms with Gasteiger partial charge in [0.1, 0.15) is 0 Å². The molecule has 1 rings (SSSR count). The molecule has 0 spiro atoms. The number of aliphatic carboxylic acids is 1. The van der Waals surface area contributed by atoms with Gasteiger partial charge in [0.05, 0.1) is 6.61 Å². The second-order valence-electron chi connectivity index (χ2n) is 2.97. The molecule has 11 heavy (non-hydrogen) atoms. The quantitative estimate of drug-likeness (QED) is 0.601. The van der Waals surface area contributed by atoms with Gasteiger partial charge in [0.25, 0.3) is 0 Å². The molecule has 1 heterocycles. The van der Waals surface area contributed by atoms with E-state index in [0.29, 0.717) is 6.54 Å². The standard InChI is InChI=1S/C7H12NO3/c9-4-6-1-5(3-8-6)2-7(10)11/h5-6,8H,1-4H2,(H,10,11). The van der Waals surface area contributed by atoms with Crippen LogP contribution in [0.3, 0.4) is 0 Å². The van der Waals surface area contributed by atoms with Gasteiger partial charge >= 0.3 is 5.97 Å². The van der Waals surface area contributed by atoms with E-state index in [-0.39, 0.29) is 25.0 Å². The van der Waals surface area contributed by atoms with Gasteiger partial charge in [-0.2, -0.15) is 0 Å². The van der Waals surface area contributed by atoms with Gasteiger partial charge in [-0.15, -0.1) is 0 Å². The van der Waals surface area contributed by atoms with E-state index in [0.717, 1.165) is 6.42 Å². The Morgan fingerprint density at radius 3 is 2.82 bits per heavy atom. The minimum Gasteiger partial charge on any atom is -0.481 e. The second-order valence-corrected chi connectivity index (χ2v) is 2.97. The molecule has 2 N–H and O–H groups in total. The summed E-state index contributed by atoms with van der Waals surface area (Å²) >= 11 is 0. The Balaban J connectivity index is 2.24. The van der Waals surface area contributed by atoms with Gasteiger partial charge in [-0.3, -0.25) is 4.79 Å². The second kappa shape index (κ2) is 3.69. The van der Waals surface area contributed by atoms with Crippen LogP contribution < -0.4 is 5.32 Å². The predicted octanol–water partition coefficient (Wildman–Crippen LogP) is -0.130. The first-order valence-electron chi connectivity index (χ1n) is 3.75. The lowest BCUT2D eigenvalue weighted by Crippen LogP contribution is -2.24. The molecule has 4 nitrogen and oxygen atoms in total. The van der Waals surface area contributed by atoms with E-state index >= 15 is 0 Å². The molecule has 0 aromatic heterocycles. The van der Waals surface area contributed by atoms with Crippen LogP contribution in [0, 0.1) is 5.92 Å². The third kappa shape index (κ3) is 2.48. The van der Waals surface area contributed by atoms with Gasteiger partial charge in [-0.1, -0.05) is 0 Å². The molecule has 0 bridgehead atoms. The maximum absolute atomic E-state index is 10.4. The Hall–Kier alpha value is -0.610. The molecule has 4 heteroatoms. The number of carboxylic acids is 1. The first-order valence-corrected chi connectivity index (χ1v) is 3.75. The monoisotopic (exact) mass is 158 g/mol. The summed E-state index contributed by atoms with van der Waals surface area (Å²) in [7, 11) is 0. The van der Waals surface area contributed by atoms with Gasteiger partial charge in [-0.05, 0) is 18.9 Å². The van der Waals surface area contributed by atoms with Crippen LogP contribution in [0.15, 0.2) is 0 Å². The van der Waals surface area contributed by atoms with Crippen molar-refractivity contribution in [3.63, 3.8) is 0 Å². The van der Waals surface area contributed by atoms with Crippen LogP contribution in [0.5, 0.6) is 0 Å². The number of carbonyl (C=O) groups is 1. The van der Waals surface area contributed by atoms with Gasteiger partial charge in [-0.25, -0.2) is 5.11 Å². The van der Waals surface area contributed by atoms with E-state index < -0.39 is 5.97 Å². The SMILES string of the molecule is [O]CC1CC(CC(=O)O)CN1. The van der Waals surface area contributed by atoms with Gasteiger partial charge < -0.3 is 10.4 Å². The highest BCUT2D eigenvalue weighted by molar-refractivity contribution is 5.67. The molecule has 63 valence electrons. The van der Waals surface area contributed by atoms with Crippen LogP contribution in [0.25, 0.3) is 0 Å². The minimum absolute atomic E-state index is 0.000602. The van der Waals surface area contributed by atoms with Crippen LogP contribution in [0.1, 0.15) is 12.8 Å². The summed E-state index contributed by atoms with van der Waals surface area (Å²) in [5, 5.41) is 21.8. The van der Waals surface area contributed by atoms with Crippen molar-refractivity contribution >= 4 is 5.97 Å². The number of hydrogen-bond donors (Lipinski definition) is 2. The molecule has 1 saturated heterocycles. The number of rotatable bonds is 3. The van der Waals surface area contributed by atoms with Crippen molar-refractivity contribution in [2.75, 3.05) is 13.2 Å². The highest BCUT2D eigenvalue weighted by Crippen LogP contribution is 2.16. The van der Waals surface area contributed by atoms with Crippen molar-refractivity contribution in [1.29, 1.82) is 0 Å². The van der Waals surface area contributed by atoms with Crippen molar-refractivity contribution in [3.8, 4) is 0 Å². The van der Waals surface area contributed by atoms with Gasteiger partial charge in [0.15, 0.2) is 0 Å². The molecule has 0 saturated carbocycles. The largest absolute Gasteiger partial charge is 0.481 e. The van der Waals surface area contributed by atoms with Crippen LogP contribution in [-0.2, 0) is 9.90 Å². The fourth-order valence-electron chi connectivity index (χ4n) is 1.43. The molecule has 0 aromatic carbocycles. The molecule has 0 amide bonds. The zero-order chi connectivity index (χ0) is 8.27. The highest BCUT2D eigenvalue weighted by Gasteiger charge is 2.25. The Morgan fingerprint density at radius 2 is 2.36 bits per heavy atom. The maximum atomic E-state index is 10.4. The molecule has 1 aliphatic heterocycles. The lowest BCUT2D eigenvalue weighted by atomic mass is 10.0. The Kier molecular flexibility index (Phi) is 2.84. The van der Waals surface area contributed by atoms with Gasteiger partial charge in [0.2, 0.25) is 0 Å². The molecule has 1 radical (unpaired) electrons. The summed E-state index contributed by atoms with van der Waals surface area (Å²) in [6.07, 6.45) is 0.902. The van der Waals surface area contributed by atoms with E-state index in [4.69, 9.17) is 5.11 Å². The number of hydrogen-bond acceptors (Lipinski definition) is 2. The molecule has 1 aliphatic rings. The zero-order valence-corrected chi connectivity index (χ0v) is 6.25. The summed E-state index contributed by atoms with van der Waals surface area (Å²) in [5.41, 5.74) is 0. The highest BCUT2D eigenvalue weighted by atomic mass is 16.4. The van der Waals surface area contributed by atoms with Crippen molar-refractivity contribution in [2.24, 2.45) is 5.92 Å². The fraction of sp³-hybridized carbons (Fsp3) is 0.857. The fourth-order valence-corrected chi connectivity index (χ4v) is 1.43. The molecular weight excluding hydrogens is 146 g/mol. The number of carboxylic acid groups (broad SMARTS) is 1. The smallest absolute Gasteiger partial charge is 0.303 e. The third-order valence-electron chi connectivity index (χ3n) is 1.98. The van der Waals surface area contributed by atoms with Crippen LogP contribution in [-0.4, -0.2) is 30.3 Å². The van der Waals surface area contributed by atoms with Crippen molar-refractivity contribution in [2.45, 2.75) is 18.9 Å². The Bertz CT molecular complexity index is 149. The average Bonchev–Trinajstić information content (AvgIpc) is 2.34. The first-order chi connectivity index (χ1) is 5.22. The van der Waals surface area contributed by atoms with Crippen molar-refractivity contribution in [3.05, 3.63) is 0 Å². The summed E-state index contributed by atoms with van der Waals surface area (Å²) in [6.45, 7) is 0.537. The minimum atomic E-state index is -0.775. The van der Waals surface area contributed by atoms with Crippen molar-refractivity contribution < 1.29 is 15.0 Å². The van der Waals surface area contributed by atoms with Crippen LogP contribution >= 0.6 is 0 Å². The topological polar surface area (TPSA) is 69.2 Å². The van der Waals surface area contributed by atoms with E-state index in [1.165, 1.54) is 0 Å². The lowest BCUT2D eigenvalue weighted by molar-refractivity contribution is -0.137. The summed E-state index contributed by atoms with van der Waals surface area (Å²) < 4.78 is 0. The zero-order valence-electron chi connectivity index (χ0n) is 6.25. The van der Waals surface area contributed by atoms with E-state index in [1.54, 1.807) is 0 Å². The molecule has 0 aliphatic carbocycles. The average molecular weight is 158 g/mol. The van der Waals surface area contributed by atoms with Crippen LogP contribution in [0.2, 0.25) is 0 Å².